The van der Waals surface area contributed by atoms with Crippen molar-refractivity contribution in [1.29, 1.82) is 0 Å². The second-order valence-corrected chi connectivity index (χ2v) is 8.82. The zero-order chi connectivity index (χ0) is 20.7. The Labute approximate surface area is 174 Å². The van der Waals surface area contributed by atoms with E-state index >= 15 is 0 Å². The van der Waals surface area contributed by atoms with Crippen LogP contribution in [0.3, 0.4) is 0 Å². The largest absolute Gasteiger partial charge is 0.508 e. The predicted octanol–water partition coefficient (Wildman–Crippen LogP) is 6.23. The van der Waals surface area contributed by atoms with Crippen LogP contribution in [0.2, 0.25) is 0 Å². The van der Waals surface area contributed by atoms with Crippen LogP contribution < -0.4 is 4.74 Å². The van der Waals surface area contributed by atoms with Crippen molar-refractivity contribution >= 4 is 27.3 Å². The van der Waals surface area contributed by atoms with E-state index in [4.69, 9.17) is 9.47 Å². The molecule has 0 saturated heterocycles. The molecular formula is C23H25BrO4. The van der Waals surface area contributed by atoms with Crippen molar-refractivity contribution in [1.82, 2.24) is 0 Å². The summed E-state index contributed by atoms with van der Waals surface area (Å²) in [6, 6.07) is 13.2. The van der Waals surface area contributed by atoms with Crippen LogP contribution in [0.25, 0.3) is 5.57 Å². The molecule has 0 saturated carbocycles. The van der Waals surface area contributed by atoms with Crippen molar-refractivity contribution in [3.8, 4) is 11.5 Å². The second-order valence-electron chi connectivity index (χ2n) is 7.90. The maximum atomic E-state index is 13.1. The highest BCUT2D eigenvalue weighted by Gasteiger charge is 2.47. The van der Waals surface area contributed by atoms with Crippen LogP contribution in [0, 0.1) is 0 Å². The third-order valence-electron chi connectivity index (χ3n) is 4.87. The fourth-order valence-electron chi connectivity index (χ4n) is 3.49. The number of ether oxygens (including phenoxy) is 2. The molecule has 1 N–H and O–H groups in total. The van der Waals surface area contributed by atoms with Crippen molar-refractivity contribution in [2.45, 2.75) is 52.2 Å². The van der Waals surface area contributed by atoms with Gasteiger partial charge in [0.2, 0.25) is 0 Å². The highest BCUT2D eigenvalue weighted by molar-refractivity contribution is 9.10. The lowest BCUT2D eigenvalue weighted by Crippen LogP contribution is -2.49. The van der Waals surface area contributed by atoms with E-state index in [-0.39, 0.29) is 11.5 Å². The summed E-state index contributed by atoms with van der Waals surface area (Å²) in [5, 5.41) is 10.9. The Balaban J connectivity index is 2.11. The maximum absolute atomic E-state index is 13.1. The number of hydrogen-bond acceptors (Lipinski definition) is 4. The number of Topliss-reactive ketones (excluding diaryl/α,β-unsaturated/α-hetero) is 1. The zero-order valence-corrected chi connectivity index (χ0v) is 18.4. The van der Waals surface area contributed by atoms with Gasteiger partial charge < -0.3 is 14.6 Å². The normalized spacial score (nSPS) is 18.3. The molecule has 1 aliphatic rings. The molecule has 0 aliphatic carbocycles. The molecular weight excluding hydrogens is 420 g/mol. The van der Waals surface area contributed by atoms with E-state index in [9.17, 15) is 9.90 Å². The van der Waals surface area contributed by atoms with E-state index in [2.05, 4.69) is 15.9 Å². The van der Waals surface area contributed by atoms with Crippen LogP contribution in [0.5, 0.6) is 11.5 Å². The van der Waals surface area contributed by atoms with Gasteiger partial charge in [-0.1, -0.05) is 28.9 Å². The van der Waals surface area contributed by atoms with E-state index in [1.165, 1.54) is 0 Å². The Morgan fingerprint density at radius 3 is 2.21 bits per heavy atom. The summed E-state index contributed by atoms with van der Waals surface area (Å²) in [5.74, 6) is 1.01. The first-order valence-corrected chi connectivity index (χ1v) is 10.1. The minimum Gasteiger partial charge on any atom is -0.508 e. The second kappa shape index (κ2) is 7.37. The van der Waals surface area contributed by atoms with Gasteiger partial charge in [0.25, 0.3) is 0 Å². The molecule has 0 bridgehead atoms. The molecule has 1 heterocycles. The average Bonchev–Trinajstić information content (AvgIpc) is 2.62. The summed E-state index contributed by atoms with van der Waals surface area (Å²) < 4.78 is 12.8. The molecule has 2 aromatic rings. The molecule has 2 aromatic carbocycles. The van der Waals surface area contributed by atoms with Gasteiger partial charge in [-0.25, -0.2) is 0 Å². The summed E-state index contributed by atoms with van der Waals surface area (Å²) in [5.41, 5.74) is -0.0335. The van der Waals surface area contributed by atoms with Gasteiger partial charge in [-0.15, -0.1) is 0 Å². The summed E-state index contributed by atoms with van der Waals surface area (Å²) in [4.78, 5) is 13.1. The van der Waals surface area contributed by atoms with Crippen molar-refractivity contribution in [3.05, 3.63) is 63.8 Å². The summed E-state index contributed by atoms with van der Waals surface area (Å²) in [7, 11) is 0. The van der Waals surface area contributed by atoms with Gasteiger partial charge in [-0.3, -0.25) is 4.79 Å². The van der Waals surface area contributed by atoms with Gasteiger partial charge in [0, 0.05) is 4.47 Å². The molecule has 0 fully saturated rings. The number of rotatable bonds is 4. The molecule has 3 rings (SSSR count). The molecule has 0 amide bonds. The number of halogens is 1. The molecule has 148 valence electrons. The third kappa shape index (κ3) is 3.87. The Morgan fingerprint density at radius 1 is 1.00 bits per heavy atom. The number of benzene rings is 2. The molecule has 0 unspecified atom stereocenters. The van der Waals surface area contributed by atoms with Crippen LogP contribution in [0.4, 0.5) is 0 Å². The van der Waals surface area contributed by atoms with Gasteiger partial charge in [-0.2, -0.15) is 0 Å². The number of aliphatic hydroxyl groups excluding tert-OH is 1. The number of aryl methyl sites for hydroxylation is 1. The van der Waals surface area contributed by atoms with Crippen LogP contribution in [-0.4, -0.2) is 22.1 Å². The standard InChI is InChI=1S/C23H25BrO4/c1-6-14-7-10-17(27-16-11-8-15(24)9-12-16)13-18(14)19-20(25)22(2,3)28-23(4,5)21(19)26/h7-13,25H,6H2,1-5H3. The van der Waals surface area contributed by atoms with Crippen molar-refractivity contribution in [3.63, 3.8) is 0 Å². The lowest BCUT2D eigenvalue weighted by atomic mass is 9.81. The van der Waals surface area contributed by atoms with Crippen LogP contribution >= 0.6 is 15.9 Å². The molecule has 4 nitrogen and oxygen atoms in total. The fourth-order valence-corrected chi connectivity index (χ4v) is 3.76. The SMILES string of the molecule is CCc1ccc(Oc2ccc(Br)cc2)cc1C1=C(O)C(C)(C)OC(C)(C)C1=O. The topological polar surface area (TPSA) is 55.8 Å². The molecule has 5 heteroatoms. The molecule has 1 aliphatic heterocycles. The number of ketones is 1. The van der Waals surface area contributed by atoms with Gasteiger partial charge in [0.1, 0.15) is 28.5 Å². The Bertz CT molecular complexity index is 940. The number of carbonyl (C=O) groups excluding carboxylic acids is 1. The summed E-state index contributed by atoms with van der Waals surface area (Å²) in [6.07, 6.45) is 0.722. The van der Waals surface area contributed by atoms with Crippen LogP contribution in [0.15, 0.2) is 52.7 Å². The van der Waals surface area contributed by atoms with Crippen molar-refractivity contribution < 1.29 is 19.4 Å². The minimum atomic E-state index is -1.03. The molecule has 28 heavy (non-hydrogen) atoms. The van der Waals surface area contributed by atoms with Crippen LogP contribution in [-0.2, 0) is 16.0 Å². The summed E-state index contributed by atoms with van der Waals surface area (Å²) in [6.45, 7) is 9.02. The van der Waals surface area contributed by atoms with E-state index in [0.29, 0.717) is 22.6 Å². The Kier molecular flexibility index (Phi) is 5.43. The van der Waals surface area contributed by atoms with E-state index in [1.54, 1.807) is 27.7 Å². The lowest BCUT2D eigenvalue weighted by molar-refractivity contribution is -0.158. The van der Waals surface area contributed by atoms with Gasteiger partial charge in [0.15, 0.2) is 5.78 Å². The molecule has 0 atom stereocenters. The van der Waals surface area contributed by atoms with E-state index in [0.717, 1.165) is 16.5 Å². The number of hydrogen-bond donors (Lipinski definition) is 1. The van der Waals surface area contributed by atoms with Crippen molar-refractivity contribution in [2.75, 3.05) is 0 Å². The first-order chi connectivity index (χ1) is 13.0. The lowest BCUT2D eigenvalue weighted by Gasteiger charge is -2.40. The smallest absolute Gasteiger partial charge is 0.198 e. The highest BCUT2D eigenvalue weighted by Crippen LogP contribution is 2.41. The molecule has 0 spiro atoms. The van der Waals surface area contributed by atoms with Gasteiger partial charge in [-0.05, 0) is 81.6 Å². The molecule has 0 aromatic heterocycles. The number of aliphatic hydroxyl groups is 1. The van der Waals surface area contributed by atoms with Crippen molar-refractivity contribution in [2.24, 2.45) is 0 Å². The third-order valence-corrected chi connectivity index (χ3v) is 5.40. The maximum Gasteiger partial charge on any atom is 0.198 e. The first-order valence-electron chi connectivity index (χ1n) is 9.30. The average molecular weight is 445 g/mol. The monoisotopic (exact) mass is 444 g/mol. The van der Waals surface area contributed by atoms with E-state index < -0.39 is 11.2 Å². The first kappa shape index (κ1) is 20.6. The van der Waals surface area contributed by atoms with Gasteiger partial charge in [0.05, 0.1) is 5.57 Å². The highest BCUT2D eigenvalue weighted by atomic mass is 79.9. The Morgan fingerprint density at radius 2 is 1.61 bits per heavy atom. The van der Waals surface area contributed by atoms with Gasteiger partial charge >= 0.3 is 0 Å². The Hall–Kier alpha value is -2.11. The quantitative estimate of drug-likeness (QED) is 0.606. The minimum absolute atomic E-state index is 0.0488. The van der Waals surface area contributed by atoms with Crippen LogP contribution in [0.1, 0.15) is 45.7 Å². The summed E-state index contributed by atoms with van der Waals surface area (Å²) >= 11 is 3.41. The number of carbonyl (C=O) groups is 1. The predicted molar refractivity (Wildman–Crippen MR) is 114 cm³/mol. The fraction of sp³-hybridized carbons (Fsp3) is 0.348. The van der Waals surface area contributed by atoms with E-state index in [1.807, 2.05) is 49.4 Å². The molecule has 0 radical (unpaired) electrons. The zero-order valence-electron chi connectivity index (χ0n) is 16.8.